The number of hydrogen-bond acceptors (Lipinski definition) is 2. The van der Waals surface area contributed by atoms with Gasteiger partial charge in [0.2, 0.25) is 5.78 Å². The minimum absolute atomic E-state index is 0. The van der Waals surface area contributed by atoms with Crippen LogP contribution in [-0.4, -0.2) is 49.1 Å². The number of ketones is 1. The summed E-state index contributed by atoms with van der Waals surface area (Å²) < 4.78 is 0. The summed E-state index contributed by atoms with van der Waals surface area (Å²) in [6, 6.07) is 7.47. The number of rotatable bonds is 3. The Morgan fingerprint density at radius 1 is 1.25 bits per heavy atom. The number of aromatic nitrogens is 1. The van der Waals surface area contributed by atoms with Crippen molar-refractivity contribution < 1.29 is 14.7 Å². The quantitative estimate of drug-likeness (QED) is 0.568. The van der Waals surface area contributed by atoms with Gasteiger partial charge in [-0.25, -0.2) is 4.79 Å². The number of benzene rings is 1. The zero-order chi connectivity index (χ0) is 10.8. The Hall–Kier alpha value is -1.18. The standard InChI is InChI=1S/C11H9NO3.Pb.2H/c13-10(11(14)15)5-7-6-12-9-4-2-1-3-8(7)9;;;/h1-4,6,12H,5H2,(H,14,15);;;. The van der Waals surface area contributed by atoms with Gasteiger partial charge in [0, 0.05) is 23.5 Å². The van der Waals surface area contributed by atoms with E-state index in [9.17, 15) is 9.59 Å². The van der Waals surface area contributed by atoms with E-state index in [1.54, 1.807) is 6.20 Å². The molecule has 1 heterocycles. The van der Waals surface area contributed by atoms with Crippen molar-refractivity contribution in [3.8, 4) is 0 Å². The monoisotopic (exact) mass is 413 g/mol. The molecule has 16 heavy (non-hydrogen) atoms. The van der Waals surface area contributed by atoms with Crippen LogP contribution in [0, 0.1) is 0 Å². The average molecular weight is 412 g/mol. The Morgan fingerprint density at radius 3 is 2.62 bits per heavy atom. The summed E-state index contributed by atoms with van der Waals surface area (Å²) in [6.45, 7) is 0. The minimum atomic E-state index is -1.39. The van der Waals surface area contributed by atoms with Crippen LogP contribution in [0.4, 0.5) is 0 Å². The molecule has 2 rings (SSSR count). The number of fused-ring (bicyclic) bond motifs is 1. The van der Waals surface area contributed by atoms with Gasteiger partial charge in [0.05, 0.1) is 0 Å². The summed E-state index contributed by atoms with van der Waals surface area (Å²) in [5, 5.41) is 9.39. The first-order valence-electron chi connectivity index (χ1n) is 4.49. The number of aliphatic carboxylic acids is 1. The molecule has 2 aromatic rings. The maximum atomic E-state index is 11.0. The topological polar surface area (TPSA) is 70.2 Å². The second-order valence-corrected chi connectivity index (χ2v) is 3.26. The van der Waals surface area contributed by atoms with Gasteiger partial charge < -0.3 is 10.1 Å². The van der Waals surface area contributed by atoms with Gasteiger partial charge in [0.15, 0.2) is 0 Å². The molecule has 0 atom stereocenters. The number of Topliss-reactive ketones (excluding diaryl/α,β-unsaturated/α-hetero) is 1. The number of carboxylic acid groups (broad SMARTS) is 1. The van der Waals surface area contributed by atoms with E-state index in [4.69, 9.17) is 5.11 Å². The number of carbonyl (C=O) groups is 2. The second-order valence-electron chi connectivity index (χ2n) is 3.26. The van der Waals surface area contributed by atoms with E-state index < -0.39 is 11.8 Å². The van der Waals surface area contributed by atoms with Crippen LogP contribution in [0.5, 0.6) is 0 Å². The molecular weight excluding hydrogens is 401 g/mol. The fourth-order valence-corrected chi connectivity index (χ4v) is 1.53. The number of para-hydroxylation sites is 1. The number of hydrogen-bond donors (Lipinski definition) is 2. The molecule has 2 radical (unpaired) electrons. The van der Waals surface area contributed by atoms with Gasteiger partial charge in [-0.15, -0.1) is 0 Å². The van der Waals surface area contributed by atoms with Crippen LogP contribution in [0.3, 0.4) is 0 Å². The van der Waals surface area contributed by atoms with Gasteiger partial charge >= 0.3 is 33.3 Å². The molecule has 2 N–H and O–H groups in total. The molecule has 0 saturated carbocycles. The molecule has 0 unspecified atom stereocenters. The predicted molar refractivity (Wildman–Crippen MR) is 63.2 cm³/mol. The number of nitrogens with one attached hydrogen (secondary N) is 1. The van der Waals surface area contributed by atoms with E-state index in [1.165, 1.54) is 0 Å². The third kappa shape index (κ3) is 2.49. The molecule has 82 valence electrons. The van der Waals surface area contributed by atoms with Crippen molar-refractivity contribution in [1.29, 1.82) is 0 Å². The molecule has 0 saturated heterocycles. The molecule has 0 aliphatic carbocycles. The zero-order valence-corrected chi connectivity index (χ0v) is 14.1. The van der Waals surface area contributed by atoms with Crippen LogP contribution < -0.4 is 0 Å². The molecule has 0 spiro atoms. The molecule has 0 bridgehead atoms. The zero-order valence-electron chi connectivity index (χ0n) is 8.56. The van der Waals surface area contributed by atoms with Crippen LogP contribution >= 0.6 is 0 Å². The third-order valence-corrected chi connectivity index (χ3v) is 2.26. The van der Waals surface area contributed by atoms with Gasteiger partial charge in [-0.3, -0.25) is 4.79 Å². The van der Waals surface area contributed by atoms with Gasteiger partial charge in [-0.1, -0.05) is 18.2 Å². The van der Waals surface area contributed by atoms with E-state index in [0.717, 1.165) is 16.5 Å². The first kappa shape index (κ1) is 12.9. The van der Waals surface area contributed by atoms with Crippen molar-refractivity contribution >= 4 is 50.0 Å². The summed E-state index contributed by atoms with van der Waals surface area (Å²) in [5.74, 6) is -2.18. The summed E-state index contributed by atoms with van der Waals surface area (Å²) in [7, 11) is 0. The molecule has 1 aromatic carbocycles. The maximum absolute atomic E-state index is 11.0. The molecule has 0 aliphatic heterocycles. The van der Waals surface area contributed by atoms with Crippen molar-refractivity contribution in [3.63, 3.8) is 0 Å². The fourth-order valence-electron chi connectivity index (χ4n) is 1.53. The molecule has 4 nitrogen and oxygen atoms in total. The summed E-state index contributed by atoms with van der Waals surface area (Å²) in [4.78, 5) is 24.4. The van der Waals surface area contributed by atoms with Gasteiger partial charge in [-0.05, 0) is 11.6 Å². The number of H-pyrrole nitrogens is 1. The van der Waals surface area contributed by atoms with Crippen LogP contribution in [0.25, 0.3) is 10.9 Å². The summed E-state index contributed by atoms with van der Waals surface area (Å²) >= 11 is 0. The van der Waals surface area contributed by atoms with Crippen molar-refractivity contribution in [1.82, 2.24) is 4.98 Å². The normalized spacial score (nSPS) is 9.75. The number of aromatic amines is 1. The Labute approximate surface area is 112 Å². The second kappa shape index (κ2) is 5.24. The van der Waals surface area contributed by atoms with Crippen molar-refractivity contribution in [2.24, 2.45) is 0 Å². The van der Waals surface area contributed by atoms with Gasteiger partial charge in [0.1, 0.15) is 0 Å². The molecule has 0 fully saturated rings. The van der Waals surface area contributed by atoms with Crippen LogP contribution in [0.2, 0.25) is 0 Å². The van der Waals surface area contributed by atoms with Crippen molar-refractivity contribution in [2.75, 3.05) is 0 Å². The van der Waals surface area contributed by atoms with E-state index in [0.29, 0.717) is 0 Å². The van der Waals surface area contributed by atoms with E-state index in [-0.39, 0.29) is 33.7 Å². The molecule has 1 aromatic heterocycles. The average Bonchev–Trinajstić information content (AvgIpc) is 2.62. The number of carboxylic acids is 1. The van der Waals surface area contributed by atoms with Gasteiger partial charge in [-0.2, -0.15) is 0 Å². The van der Waals surface area contributed by atoms with Gasteiger partial charge in [0.25, 0.3) is 0 Å². The molecular formula is C11H11NO3Pb. The first-order valence-corrected chi connectivity index (χ1v) is 4.49. The Bertz CT molecular complexity index is 533. The molecule has 5 heteroatoms. The predicted octanol–water partition coefficient (Wildman–Crippen LogP) is 0.448. The summed E-state index contributed by atoms with van der Waals surface area (Å²) in [6.07, 6.45) is 1.60. The SMILES string of the molecule is O=C(O)C(=O)Cc1c[nH]c2ccccc12.[PbH2]. The third-order valence-electron chi connectivity index (χ3n) is 2.26. The van der Waals surface area contributed by atoms with Crippen LogP contribution in [0.15, 0.2) is 30.5 Å². The van der Waals surface area contributed by atoms with E-state index >= 15 is 0 Å². The first-order chi connectivity index (χ1) is 7.18. The van der Waals surface area contributed by atoms with Crippen molar-refractivity contribution in [3.05, 3.63) is 36.0 Å². The Balaban J connectivity index is 0.00000128. The Morgan fingerprint density at radius 2 is 1.94 bits per heavy atom. The fraction of sp³-hybridized carbons (Fsp3) is 0.0909. The van der Waals surface area contributed by atoms with Crippen LogP contribution in [-0.2, 0) is 16.0 Å². The summed E-state index contributed by atoms with van der Waals surface area (Å²) in [5.41, 5.74) is 1.63. The van der Waals surface area contributed by atoms with Crippen molar-refractivity contribution in [2.45, 2.75) is 6.42 Å². The molecule has 0 aliphatic rings. The number of carbonyl (C=O) groups excluding carboxylic acids is 1. The van der Waals surface area contributed by atoms with Crippen LogP contribution in [0.1, 0.15) is 5.56 Å². The Kier molecular flexibility index (Phi) is 4.22. The van der Waals surface area contributed by atoms with E-state index in [1.807, 2.05) is 24.3 Å². The van der Waals surface area contributed by atoms with E-state index in [2.05, 4.69) is 4.98 Å². The molecule has 0 amide bonds.